The molecule has 0 aromatic carbocycles. The van der Waals surface area contributed by atoms with Crippen LogP contribution in [-0.4, -0.2) is 40.5 Å². The lowest BCUT2D eigenvalue weighted by Crippen LogP contribution is -2.31. The quantitative estimate of drug-likeness (QED) is 0.781. The van der Waals surface area contributed by atoms with Crippen molar-refractivity contribution in [3.8, 4) is 0 Å². The molecule has 25 heavy (non-hydrogen) atoms. The number of ether oxygens (including phenoxy) is 2. The lowest BCUT2D eigenvalue weighted by Gasteiger charge is -2.16. The summed E-state index contributed by atoms with van der Waals surface area (Å²) >= 11 is 3.48. The molecule has 2 aliphatic rings. The Balaban J connectivity index is 1.83. The number of hydrogen-bond donors (Lipinski definition) is 0. The summed E-state index contributed by atoms with van der Waals surface area (Å²) in [6, 6.07) is 1.97. The van der Waals surface area contributed by atoms with E-state index in [1.807, 2.05) is 10.6 Å². The number of rotatable bonds is 4. The molecule has 1 fully saturated rings. The normalized spacial score (nSPS) is 24.0. The van der Waals surface area contributed by atoms with E-state index in [1.54, 1.807) is 17.9 Å². The van der Waals surface area contributed by atoms with Crippen molar-refractivity contribution < 1.29 is 9.47 Å². The Bertz CT molecular complexity index is 870. The first-order valence-electron chi connectivity index (χ1n) is 8.76. The van der Waals surface area contributed by atoms with Crippen molar-refractivity contribution in [3.63, 3.8) is 0 Å². The highest BCUT2D eigenvalue weighted by Gasteiger charge is 2.30. The van der Waals surface area contributed by atoms with Gasteiger partial charge in [-0.2, -0.15) is 0 Å². The van der Waals surface area contributed by atoms with Crippen LogP contribution in [0.1, 0.15) is 25.7 Å². The van der Waals surface area contributed by atoms with E-state index in [0.717, 1.165) is 40.6 Å². The second-order valence-corrected chi connectivity index (χ2v) is 7.65. The zero-order chi connectivity index (χ0) is 17.4. The maximum atomic E-state index is 13.2. The molecule has 4 rings (SSSR count). The van der Waals surface area contributed by atoms with Crippen LogP contribution in [0, 0.1) is 5.92 Å². The summed E-state index contributed by atoms with van der Waals surface area (Å²) < 4.78 is 15.5. The van der Waals surface area contributed by atoms with E-state index in [-0.39, 0.29) is 17.7 Å². The molecule has 2 aromatic rings. The van der Waals surface area contributed by atoms with Gasteiger partial charge in [-0.25, -0.2) is 14.3 Å². The van der Waals surface area contributed by atoms with Gasteiger partial charge in [0.15, 0.2) is 5.65 Å². The van der Waals surface area contributed by atoms with Gasteiger partial charge in [0.1, 0.15) is 0 Å². The van der Waals surface area contributed by atoms with Crippen LogP contribution in [0.5, 0.6) is 0 Å². The molecule has 1 saturated heterocycles. The fraction of sp³-hybridized carbons (Fsp3) is 0.556. The first-order valence-corrected chi connectivity index (χ1v) is 9.55. The summed E-state index contributed by atoms with van der Waals surface area (Å²) in [4.78, 5) is 17.8. The minimum absolute atomic E-state index is 0.0181. The van der Waals surface area contributed by atoms with Gasteiger partial charge in [0, 0.05) is 35.9 Å². The molecular weight excluding hydrogens is 386 g/mol. The van der Waals surface area contributed by atoms with Crippen LogP contribution >= 0.6 is 15.9 Å². The number of aromatic nitrogens is 3. The minimum atomic E-state index is -0.0181. The molecule has 134 valence electrons. The molecule has 2 unspecified atom stereocenters. The van der Waals surface area contributed by atoms with Gasteiger partial charge in [0.05, 0.1) is 24.8 Å². The molecule has 7 heteroatoms. The smallest absolute Gasteiger partial charge is 0.334 e. The molecule has 0 bridgehead atoms. The number of hydrogen-bond acceptors (Lipinski definition) is 4. The Morgan fingerprint density at radius 3 is 3.04 bits per heavy atom. The van der Waals surface area contributed by atoms with Crippen molar-refractivity contribution in [2.24, 2.45) is 5.92 Å². The minimum Gasteiger partial charge on any atom is -0.379 e. The molecule has 0 radical (unpaired) electrons. The van der Waals surface area contributed by atoms with Gasteiger partial charge in [-0.3, -0.25) is 4.57 Å². The van der Waals surface area contributed by atoms with E-state index in [2.05, 4.69) is 27.0 Å². The maximum Gasteiger partial charge on any atom is 0.334 e. The SMILES string of the molecule is COC1COCC1Cn1c(=O)n(C2=CCCCC2)c2ncc(Br)cc21. The molecular formula is C18H22BrN3O3. The van der Waals surface area contributed by atoms with Gasteiger partial charge in [0.25, 0.3) is 0 Å². The second kappa shape index (κ2) is 7.05. The number of nitrogens with zero attached hydrogens (tertiary/aromatic N) is 3. The fourth-order valence-electron chi connectivity index (χ4n) is 3.81. The number of halogens is 1. The van der Waals surface area contributed by atoms with Crippen LogP contribution in [0.2, 0.25) is 0 Å². The average molecular weight is 408 g/mol. The van der Waals surface area contributed by atoms with Crippen molar-refractivity contribution in [2.75, 3.05) is 20.3 Å². The Morgan fingerprint density at radius 2 is 2.28 bits per heavy atom. The molecule has 6 nitrogen and oxygen atoms in total. The van der Waals surface area contributed by atoms with E-state index < -0.39 is 0 Å². The van der Waals surface area contributed by atoms with Crippen molar-refractivity contribution in [1.82, 2.24) is 14.1 Å². The molecule has 0 saturated carbocycles. The van der Waals surface area contributed by atoms with Gasteiger partial charge in [-0.05, 0) is 47.7 Å². The zero-order valence-electron chi connectivity index (χ0n) is 14.3. The van der Waals surface area contributed by atoms with E-state index in [0.29, 0.717) is 19.8 Å². The average Bonchev–Trinajstić information content (AvgIpc) is 3.19. The third kappa shape index (κ3) is 3.09. The molecule has 1 aliphatic heterocycles. The summed E-state index contributed by atoms with van der Waals surface area (Å²) in [6.45, 7) is 1.77. The van der Waals surface area contributed by atoms with Crippen LogP contribution in [0.25, 0.3) is 16.9 Å². The molecule has 2 atom stereocenters. The molecule has 0 amide bonds. The highest BCUT2D eigenvalue weighted by Crippen LogP contribution is 2.26. The summed E-state index contributed by atoms with van der Waals surface area (Å²) in [5.74, 6) is 0.168. The van der Waals surface area contributed by atoms with E-state index in [9.17, 15) is 4.79 Å². The Hall–Kier alpha value is -1.44. The lowest BCUT2D eigenvalue weighted by molar-refractivity contribution is 0.0632. The summed E-state index contributed by atoms with van der Waals surface area (Å²) in [5, 5.41) is 0. The van der Waals surface area contributed by atoms with Crippen molar-refractivity contribution in [3.05, 3.63) is 33.3 Å². The standard InChI is InChI=1S/C18H22BrN3O3/c1-24-16-11-25-10-12(16)9-21-15-7-13(19)8-20-17(15)22(18(21)23)14-5-3-2-4-6-14/h5,7-8,12,16H,2-4,6,9-11H2,1H3. The molecule has 0 N–H and O–H groups in total. The van der Waals surface area contributed by atoms with Crippen molar-refractivity contribution in [1.29, 1.82) is 0 Å². The van der Waals surface area contributed by atoms with E-state index in [4.69, 9.17) is 9.47 Å². The summed E-state index contributed by atoms with van der Waals surface area (Å²) in [5.41, 5.74) is 2.64. The van der Waals surface area contributed by atoms with E-state index >= 15 is 0 Å². The molecule has 2 aromatic heterocycles. The predicted molar refractivity (Wildman–Crippen MR) is 99.5 cm³/mol. The second-order valence-electron chi connectivity index (χ2n) is 6.74. The van der Waals surface area contributed by atoms with Crippen LogP contribution in [0.4, 0.5) is 0 Å². The number of fused-ring (bicyclic) bond motifs is 1. The van der Waals surface area contributed by atoms with Gasteiger partial charge >= 0.3 is 5.69 Å². The van der Waals surface area contributed by atoms with Gasteiger partial charge in [-0.15, -0.1) is 0 Å². The van der Waals surface area contributed by atoms with E-state index in [1.165, 1.54) is 6.42 Å². The van der Waals surface area contributed by atoms with Crippen molar-refractivity contribution in [2.45, 2.75) is 38.3 Å². The highest BCUT2D eigenvalue weighted by molar-refractivity contribution is 9.10. The first-order chi connectivity index (χ1) is 12.2. The predicted octanol–water partition coefficient (Wildman–Crippen LogP) is 3.04. The number of imidazole rings is 1. The third-order valence-electron chi connectivity index (χ3n) is 5.15. The van der Waals surface area contributed by atoms with Gasteiger partial charge < -0.3 is 9.47 Å². The van der Waals surface area contributed by atoms with Crippen molar-refractivity contribution >= 4 is 32.8 Å². The van der Waals surface area contributed by atoms with Gasteiger partial charge in [0.2, 0.25) is 0 Å². The Morgan fingerprint density at radius 1 is 1.40 bits per heavy atom. The largest absolute Gasteiger partial charge is 0.379 e. The Kier molecular flexibility index (Phi) is 4.80. The zero-order valence-corrected chi connectivity index (χ0v) is 15.9. The Labute approximate surface area is 154 Å². The summed E-state index contributed by atoms with van der Waals surface area (Å²) in [7, 11) is 1.70. The monoisotopic (exact) mass is 407 g/mol. The fourth-order valence-corrected chi connectivity index (χ4v) is 4.13. The van der Waals surface area contributed by atoms with Crippen LogP contribution in [-0.2, 0) is 16.0 Å². The molecule has 0 spiro atoms. The third-order valence-corrected chi connectivity index (χ3v) is 5.59. The number of methoxy groups -OCH3 is 1. The first kappa shape index (κ1) is 17.0. The summed E-state index contributed by atoms with van der Waals surface area (Å²) in [6.07, 6.45) is 8.20. The van der Waals surface area contributed by atoms with Crippen LogP contribution in [0.3, 0.4) is 0 Å². The highest BCUT2D eigenvalue weighted by atomic mass is 79.9. The molecule has 3 heterocycles. The lowest BCUT2D eigenvalue weighted by atomic mass is 10.0. The number of allylic oxidation sites excluding steroid dienone is 2. The van der Waals surface area contributed by atoms with Crippen LogP contribution < -0.4 is 5.69 Å². The maximum absolute atomic E-state index is 13.2. The molecule has 1 aliphatic carbocycles. The number of pyridine rings is 1. The van der Waals surface area contributed by atoms with Gasteiger partial charge in [-0.1, -0.05) is 6.08 Å². The topological polar surface area (TPSA) is 58.3 Å². The van der Waals surface area contributed by atoms with Crippen LogP contribution in [0.15, 0.2) is 27.6 Å².